The molecule has 15 heavy (non-hydrogen) atoms. The summed E-state index contributed by atoms with van der Waals surface area (Å²) >= 11 is 0. The van der Waals surface area contributed by atoms with Crippen LogP contribution in [0.15, 0.2) is 24.8 Å². The Balaban J connectivity index is 3.10. The predicted molar refractivity (Wildman–Crippen MR) is 58.6 cm³/mol. The first-order valence-corrected chi connectivity index (χ1v) is 4.55. The molecule has 80 valence electrons. The maximum absolute atomic E-state index is 11.3. The van der Waals surface area contributed by atoms with Crippen LogP contribution in [0, 0.1) is 0 Å². The summed E-state index contributed by atoms with van der Waals surface area (Å²) < 4.78 is 9.66. The topological polar surface area (TPSA) is 35.5 Å². The van der Waals surface area contributed by atoms with Crippen molar-refractivity contribution in [1.82, 2.24) is 0 Å². The van der Waals surface area contributed by atoms with E-state index in [2.05, 4.69) is 11.3 Å². The number of esters is 1. The molecule has 1 aromatic rings. The number of methoxy groups -OCH3 is 2. The first kappa shape index (κ1) is 11.5. The van der Waals surface area contributed by atoms with Crippen LogP contribution in [0.2, 0.25) is 0 Å². The van der Waals surface area contributed by atoms with E-state index in [1.807, 2.05) is 6.07 Å². The lowest BCUT2D eigenvalue weighted by molar-refractivity contribution is 0.0600. The lowest BCUT2D eigenvalue weighted by Gasteiger charge is -2.05. The van der Waals surface area contributed by atoms with Crippen molar-refractivity contribution in [2.75, 3.05) is 14.2 Å². The zero-order valence-corrected chi connectivity index (χ0v) is 8.95. The van der Waals surface area contributed by atoms with Crippen molar-refractivity contribution in [2.24, 2.45) is 0 Å². The Kier molecular flexibility index (Phi) is 4.06. The molecule has 0 fully saturated rings. The van der Waals surface area contributed by atoms with Gasteiger partial charge in [0, 0.05) is 7.11 Å². The fourth-order valence-corrected chi connectivity index (χ4v) is 1.32. The third kappa shape index (κ3) is 2.92. The second-order valence-corrected chi connectivity index (χ2v) is 3.09. The van der Waals surface area contributed by atoms with Gasteiger partial charge in [0.2, 0.25) is 0 Å². The summed E-state index contributed by atoms with van der Waals surface area (Å²) in [5, 5.41) is 0. The zero-order chi connectivity index (χ0) is 11.3. The molecular weight excluding hydrogens is 192 g/mol. The Labute approximate surface area is 89.3 Å². The molecule has 3 nitrogen and oxygen atoms in total. The van der Waals surface area contributed by atoms with E-state index in [-0.39, 0.29) is 5.97 Å². The van der Waals surface area contributed by atoms with E-state index in [1.54, 1.807) is 25.3 Å². The molecule has 3 heteroatoms. The van der Waals surface area contributed by atoms with Crippen molar-refractivity contribution in [3.05, 3.63) is 41.5 Å². The molecular formula is C12H14O3. The smallest absolute Gasteiger partial charge is 0.337 e. The molecule has 0 saturated heterocycles. The van der Waals surface area contributed by atoms with Gasteiger partial charge >= 0.3 is 5.97 Å². The van der Waals surface area contributed by atoms with E-state index in [9.17, 15) is 4.79 Å². The highest BCUT2D eigenvalue weighted by molar-refractivity contribution is 5.90. The number of benzene rings is 1. The largest absolute Gasteiger partial charge is 0.465 e. The van der Waals surface area contributed by atoms with Gasteiger partial charge in [-0.15, -0.1) is 0 Å². The van der Waals surface area contributed by atoms with E-state index >= 15 is 0 Å². The van der Waals surface area contributed by atoms with Gasteiger partial charge in [-0.2, -0.15) is 0 Å². The monoisotopic (exact) mass is 206 g/mol. The molecule has 1 rings (SSSR count). The lowest BCUT2D eigenvalue weighted by atomic mass is 10.1. The number of carbonyl (C=O) groups is 1. The van der Waals surface area contributed by atoms with Crippen LogP contribution in [0.25, 0.3) is 6.08 Å². The second-order valence-electron chi connectivity index (χ2n) is 3.09. The van der Waals surface area contributed by atoms with E-state index in [4.69, 9.17) is 4.74 Å². The van der Waals surface area contributed by atoms with Crippen LogP contribution in [0.3, 0.4) is 0 Å². The van der Waals surface area contributed by atoms with E-state index < -0.39 is 0 Å². The van der Waals surface area contributed by atoms with E-state index in [0.717, 1.165) is 11.1 Å². The number of hydrogen-bond acceptors (Lipinski definition) is 3. The summed E-state index contributed by atoms with van der Waals surface area (Å²) in [6, 6.07) is 5.41. The average molecular weight is 206 g/mol. The van der Waals surface area contributed by atoms with Crippen molar-refractivity contribution >= 4 is 12.0 Å². The van der Waals surface area contributed by atoms with Gasteiger partial charge in [-0.05, 0) is 29.3 Å². The van der Waals surface area contributed by atoms with Gasteiger partial charge in [0.25, 0.3) is 0 Å². The first-order valence-electron chi connectivity index (χ1n) is 4.55. The fraction of sp³-hybridized carbons (Fsp3) is 0.250. The fourth-order valence-electron chi connectivity index (χ4n) is 1.32. The molecule has 0 heterocycles. The summed E-state index contributed by atoms with van der Waals surface area (Å²) in [5.74, 6) is -0.351. The lowest BCUT2D eigenvalue weighted by Crippen LogP contribution is -2.03. The summed E-state index contributed by atoms with van der Waals surface area (Å²) in [5.41, 5.74) is 2.32. The highest BCUT2D eigenvalue weighted by Gasteiger charge is 2.07. The zero-order valence-electron chi connectivity index (χ0n) is 8.95. The molecule has 0 aliphatic carbocycles. The first-order chi connectivity index (χ1) is 7.21. The maximum atomic E-state index is 11.3. The minimum absolute atomic E-state index is 0.351. The van der Waals surface area contributed by atoms with Crippen molar-refractivity contribution in [1.29, 1.82) is 0 Å². The Morgan fingerprint density at radius 1 is 1.40 bits per heavy atom. The average Bonchev–Trinajstić information content (AvgIpc) is 2.28. The van der Waals surface area contributed by atoms with Gasteiger partial charge in [-0.3, -0.25) is 0 Å². The maximum Gasteiger partial charge on any atom is 0.337 e. The van der Waals surface area contributed by atoms with Crippen LogP contribution in [0.5, 0.6) is 0 Å². The van der Waals surface area contributed by atoms with Crippen LogP contribution < -0.4 is 0 Å². The Morgan fingerprint density at radius 2 is 2.13 bits per heavy atom. The normalized spacial score (nSPS) is 9.73. The highest BCUT2D eigenvalue weighted by Crippen LogP contribution is 2.13. The number of hydrogen-bond donors (Lipinski definition) is 0. The summed E-state index contributed by atoms with van der Waals surface area (Å²) in [4.78, 5) is 11.3. The third-order valence-corrected chi connectivity index (χ3v) is 1.98. The van der Waals surface area contributed by atoms with Crippen molar-refractivity contribution in [3.8, 4) is 0 Å². The molecule has 0 aliphatic heterocycles. The molecule has 0 aromatic heterocycles. The molecule has 1 aromatic carbocycles. The van der Waals surface area contributed by atoms with Crippen molar-refractivity contribution in [2.45, 2.75) is 6.61 Å². The van der Waals surface area contributed by atoms with Crippen LogP contribution in [-0.2, 0) is 16.1 Å². The van der Waals surface area contributed by atoms with Crippen LogP contribution in [0.4, 0.5) is 0 Å². The molecule has 0 aliphatic rings. The molecule has 0 amide bonds. The Bertz CT molecular complexity index is 369. The van der Waals surface area contributed by atoms with Gasteiger partial charge in [-0.25, -0.2) is 4.79 Å². The van der Waals surface area contributed by atoms with Crippen LogP contribution >= 0.6 is 0 Å². The minimum Gasteiger partial charge on any atom is -0.465 e. The minimum atomic E-state index is -0.351. The standard InChI is InChI=1S/C12H14O3/c1-4-9-5-10(8-14-2)7-11(6-9)12(13)15-3/h4-7H,1,8H2,2-3H3. The van der Waals surface area contributed by atoms with E-state index in [0.29, 0.717) is 12.2 Å². The van der Waals surface area contributed by atoms with Gasteiger partial charge in [0.05, 0.1) is 19.3 Å². The molecule has 0 radical (unpaired) electrons. The predicted octanol–water partition coefficient (Wildman–Crippen LogP) is 2.26. The number of rotatable bonds is 4. The SMILES string of the molecule is C=Cc1cc(COC)cc(C(=O)OC)c1. The highest BCUT2D eigenvalue weighted by atomic mass is 16.5. The molecule has 0 spiro atoms. The van der Waals surface area contributed by atoms with Gasteiger partial charge in [0.1, 0.15) is 0 Å². The van der Waals surface area contributed by atoms with Gasteiger partial charge < -0.3 is 9.47 Å². The molecule has 0 N–H and O–H groups in total. The molecule has 0 saturated carbocycles. The molecule has 0 unspecified atom stereocenters. The Hall–Kier alpha value is -1.61. The Morgan fingerprint density at radius 3 is 2.67 bits per heavy atom. The number of carbonyl (C=O) groups excluding carboxylic acids is 1. The third-order valence-electron chi connectivity index (χ3n) is 1.98. The van der Waals surface area contributed by atoms with Gasteiger partial charge in [0.15, 0.2) is 0 Å². The second kappa shape index (κ2) is 5.32. The quantitative estimate of drug-likeness (QED) is 0.709. The van der Waals surface area contributed by atoms with Crippen molar-refractivity contribution in [3.63, 3.8) is 0 Å². The van der Waals surface area contributed by atoms with E-state index in [1.165, 1.54) is 7.11 Å². The molecule has 0 atom stereocenters. The summed E-state index contributed by atoms with van der Waals surface area (Å²) in [6.45, 7) is 4.13. The summed E-state index contributed by atoms with van der Waals surface area (Å²) in [7, 11) is 2.97. The molecule has 0 bridgehead atoms. The van der Waals surface area contributed by atoms with Crippen LogP contribution in [0.1, 0.15) is 21.5 Å². The van der Waals surface area contributed by atoms with Crippen LogP contribution in [-0.4, -0.2) is 20.2 Å². The summed E-state index contributed by atoms with van der Waals surface area (Å²) in [6.07, 6.45) is 1.69. The van der Waals surface area contributed by atoms with Crippen molar-refractivity contribution < 1.29 is 14.3 Å². The number of ether oxygens (including phenoxy) is 2. The van der Waals surface area contributed by atoms with Gasteiger partial charge in [-0.1, -0.05) is 12.7 Å².